The molecule has 0 aliphatic heterocycles. The number of anilines is 1. The SMILES string of the molecule is COc1ccc(S(=O)(=O)N(CC(=O)N/N=C\c2ccc(OCc3ccc(Cl)cc3)cc2)c2cccc(Cl)c2)cc1. The van der Waals surface area contributed by atoms with Crippen molar-refractivity contribution in [2.45, 2.75) is 11.5 Å². The van der Waals surface area contributed by atoms with Gasteiger partial charge in [0.25, 0.3) is 15.9 Å². The minimum absolute atomic E-state index is 0.0112. The number of hydrogen-bond donors (Lipinski definition) is 1. The predicted octanol–water partition coefficient (Wildman–Crippen LogP) is 5.93. The van der Waals surface area contributed by atoms with Crippen LogP contribution in [-0.2, 0) is 21.4 Å². The monoisotopic (exact) mass is 597 g/mol. The van der Waals surface area contributed by atoms with Crippen LogP contribution in [0.3, 0.4) is 0 Å². The van der Waals surface area contributed by atoms with Gasteiger partial charge in [0.1, 0.15) is 24.7 Å². The van der Waals surface area contributed by atoms with Crippen LogP contribution in [0.25, 0.3) is 0 Å². The molecule has 0 atom stereocenters. The van der Waals surface area contributed by atoms with E-state index in [1.807, 2.05) is 12.1 Å². The largest absolute Gasteiger partial charge is 0.497 e. The number of nitrogens with one attached hydrogen (secondary N) is 1. The second-order valence-electron chi connectivity index (χ2n) is 8.44. The quantitative estimate of drug-likeness (QED) is 0.171. The molecule has 0 aliphatic carbocycles. The first kappa shape index (κ1) is 28.9. The van der Waals surface area contributed by atoms with E-state index in [-0.39, 0.29) is 10.6 Å². The Morgan fingerprint density at radius 3 is 2.23 bits per heavy atom. The third kappa shape index (κ3) is 7.75. The number of carbonyl (C=O) groups is 1. The molecule has 40 heavy (non-hydrogen) atoms. The molecular formula is C29H25Cl2N3O5S. The van der Waals surface area contributed by atoms with Crippen molar-refractivity contribution in [3.05, 3.63) is 118 Å². The summed E-state index contributed by atoms with van der Waals surface area (Å²) >= 11 is 12.0. The van der Waals surface area contributed by atoms with Crippen LogP contribution >= 0.6 is 23.2 Å². The van der Waals surface area contributed by atoms with Crippen molar-refractivity contribution >= 4 is 51.0 Å². The van der Waals surface area contributed by atoms with E-state index < -0.39 is 22.5 Å². The minimum Gasteiger partial charge on any atom is -0.497 e. The van der Waals surface area contributed by atoms with Crippen molar-refractivity contribution in [2.24, 2.45) is 5.10 Å². The van der Waals surface area contributed by atoms with Crippen molar-refractivity contribution in [2.75, 3.05) is 18.0 Å². The van der Waals surface area contributed by atoms with Gasteiger partial charge in [0.05, 0.1) is 23.9 Å². The maximum absolute atomic E-state index is 13.5. The third-order valence-corrected chi connectivity index (χ3v) is 7.91. The average molecular weight is 599 g/mol. The zero-order valence-electron chi connectivity index (χ0n) is 21.3. The Bertz CT molecular complexity index is 1580. The van der Waals surface area contributed by atoms with Crippen LogP contribution in [0.15, 0.2) is 107 Å². The van der Waals surface area contributed by atoms with Gasteiger partial charge in [-0.1, -0.05) is 41.4 Å². The highest BCUT2D eigenvalue weighted by Crippen LogP contribution is 2.27. The van der Waals surface area contributed by atoms with Gasteiger partial charge in [-0.2, -0.15) is 5.10 Å². The molecule has 0 aromatic heterocycles. The molecule has 0 saturated heterocycles. The summed E-state index contributed by atoms with van der Waals surface area (Å²) < 4.78 is 38.8. The van der Waals surface area contributed by atoms with Crippen molar-refractivity contribution in [3.63, 3.8) is 0 Å². The van der Waals surface area contributed by atoms with E-state index in [0.717, 1.165) is 9.87 Å². The average Bonchev–Trinajstić information content (AvgIpc) is 2.96. The van der Waals surface area contributed by atoms with Gasteiger partial charge in [0.15, 0.2) is 0 Å². The lowest BCUT2D eigenvalue weighted by atomic mass is 10.2. The zero-order valence-corrected chi connectivity index (χ0v) is 23.7. The highest BCUT2D eigenvalue weighted by Gasteiger charge is 2.27. The van der Waals surface area contributed by atoms with Gasteiger partial charge in [0.2, 0.25) is 0 Å². The van der Waals surface area contributed by atoms with E-state index >= 15 is 0 Å². The fraction of sp³-hybridized carbons (Fsp3) is 0.103. The van der Waals surface area contributed by atoms with E-state index in [9.17, 15) is 13.2 Å². The number of methoxy groups -OCH3 is 1. The van der Waals surface area contributed by atoms with Crippen LogP contribution in [0.2, 0.25) is 10.0 Å². The van der Waals surface area contributed by atoms with E-state index in [1.165, 1.54) is 43.7 Å². The van der Waals surface area contributed by atoms with Crippen LogP contribution in [0.1, 0.15) is 11.1 Å². The zero-order chi connectivity index (χ0) is 28.5. The highest BCUT2D eigenvalue weighted by molar-refractivity contribution is 7.92. The molecule has 1 N–H and O–H groups in total. The lowest BCUT2D eigenvalue weighted by molar-refractivity contribution is -0.119. The van der Waals surface area contributed by atoms with E-state index in [4.69, 9.17) is 32.7 Å². The topological polar surface area (TPSA) is 97.3 Å². The van der Waals surface area contributed by atoms with E-state index in [0.29, 0.717) is 33.7 Å². The molecule has 8 nitrogen and oxygen atoms in total. The van der Waals surface area contributed by atoms with Crippen LogP contribution in [0.4, 0.5) is 5.69 Å². The van der Waals surface area contributed by atoms with Gasteiger partial charge in [-0.3, -0.25) is 9.10 Å². The molecule has 0 saturated carbocycles. The summed E-state index contributed by atoms with van der Waals surface area (Å²) in [6, 6.07) is 26.6. The lowest BCUT2D eigenvalue weighted by Crippen LogP contribution is -2.39. The van der Waals surface area contributed by atoms with Gasteiger partial charge in [-0.25, -0.2) is 13.8 Å². The van der Waals surface area contributed by atoms with Crippen LogP contribution in [-0.4, -0.2) is 34.2 Å². The molecule has 0 fully saturated rings. The molecule has 4 aromatic rings. The van der Waals surface area contributed by atoms with Crippen molar-refractivity contribution in [3.8, 4) is 11.5 Å². The van der Waals surface area contributed by atoms with Gasteiger partial charge in [-0.15, -0.1) is 0 Å². The highest BCUT2D eigenvalue weighted by atomic mass is 35.5. The van der Waals surface area contributed by atoms with Crippen LogP contribution in [0, 0.1) is 0 Å². The third-order valence-electron chi connectivity index (χ3n) is 5.63. The predicted molar refractivity (Wildman–Crippen MR) is 157 cm³/mol. The fourth-order valence-electron chi connectivity index (χ4n) is 3.56. The molecule has 0 unspecified atom stereocenters. The normalized spacial score (nSPS) is 11.3. The Morgan fingerprint density at radius 1 is 0.900 bits per heavy atom. The number of rotatable bonds is 11. The number of benzene rings is 4. The van der Waals surface area contributed by atoms with Gasteiger partial charge < -0.3 is 9.47 Å². The van der Waals surface area contributed by atoms with Crippen molar-refractivity contribution in [1.29, 1.82) is 0 Å². The number of nitrogens with zero attached hydrogens (tertiary/aromatic N) is 2. The standard InChI is InChI=1S/C29H25Cl2N3O5S/c1-38-26-13-15-28(16-14-26)40(36,37)34(25-4-2-3-24(31)17-25)19-29(35)33-32-18-21-7-11-27(12-8-21)39-20-22-5-9-23(30)10-6-22/h2-18H,19-20H2,1H3,(H,33,35)/b32-18-. The Kier molecular flexibility index (Phi) is 9.65. The van der Waals surface area contributed by atoms with Crippen molar-refractivity contribution in [1.82, 2.24) is 5.43 Å². The molecule has 4 rings (SSSR count). The van der Waals surface area contributed by atoms with Crippen LogP contribution in [0.5, 0.6) is 11.5 Å². The molecule has 0 radical (unpaired) electrons. The van der Waals surface area contributed by atoms with E-state index in [1.54, 1.807) is 54.6 Å². The second-order valence-corrected chi connectivity index (χ2v) is 11.2. The van der Waals surface area contributed by atoms with Gasteiger partial charge >= 0.3 is 0 Å². The Hall–Kier alpha value is -4.05. The minimum atomic E-state index is -4.11. The summed E-state index contributed by atoms with van der Waals surface area (Å²) in [7, 11) is -2.63. The number of hydrogen-bond acceptors (Lipinski definition) is 6. The molecular weight excluding hydrogens is 573 g/mol. The molecule has 0 aliphatic rings. The van der Waals surface area contributed by atoms with Crippen LogP contribution < -0.4 is 19.2 Å². The maximum Gasteiger partial charge on any atom is 0.264 e. The first-order valence-corrected chi connectivity index (χ1v) is 14.2. The number of sulfonamides is 1. The Balaban J connectivity index is 1.41. The number of halogens is 2. The molecule has 4 aromatic carbocycles. The fourth-order valence-corrected chi connectivity index (χ4v) is 5.29. The van der Waals surface area contributed by atoms with E-state index in [2.05, 4.69) is 10.5 Å². The summed E-state index contributed by atoms with van der Waals surface area (Å²) in [5, 5.41) is 4.96. The number of hydrazone groups is 1. The van der Waals surface area contributed by atoms with Crippen molar-refractivity contribution < 1.29 is 22.7 Å². The Morgan fingerprint density at radius 2 is 1.57 bits per heavy atom. The number of amides is 1. The van der Waals surface area contributed by atoms with Gasteiger partial charge in [-0.05, 0) is 90.0 Å². The lowest BCUT2D eigenvalue weighted by Gasteiger charge is -2.24. The smallest absolute Gasteiger partial charge is 0.264 e. The summed E-state index contributed by atoms with van der Waals surface area (Å²) in [6.45, 7) is -0.132. The molecule has 1 amide bonds. The summed E-state index contributed by atoms with van der Waals surface area (Å²) in [6.07, 6.45) is 1.45. The molecule has 0 heterocycles. The summed E-state index contributed by atoms with van der Waals surface area (Å²) in [5.74, 6) is 0.523. The molecule has 0 spiro atoms. The molecule has 11 heteroatoms. The molecule has 206 valence electrons. The first-order chi connectivity index (χ1) is 19.2. The molecule has 0 bridgehead atoms. The summed E-state index contributed by atoms with van der Waals surface area (Å²) in [4.78, 5) is 12.8. The second kappa shape index (κ2) is 13.3. The van der Waals surface area contributed by atoms with Gasteiger partial charge in [0, 0.05) is 10.0 Å². The Labute approximate surface area is 242 Å². The first-order valence-electron chi connectivity index (χ1n) is 12.0. The number of carbonyl (C=O) groups excluding carboxylic acids is 1. The maximum atomic E-state index is 13.5. The number of ether oxygens (including phenoxy) is 2. The summed E-state index contributed by atoms with van der Waals surface area (Å²) in [5.41, 5.74) is 4.31.